The number of nitrogens with one attached hydrogen (secondary N) is 2. The molecule has 0 atom stereocenters. The summed E-state index contributed by atoms with van der Waals surface area (Å²) in [7, 11) is 0. The smallest absolute Gasteiger partial charge is 0.338 e. The minimum absolute atomic E-state index is 0.00750. The molecule has 1 heterocycles. The predicted molar refractivity (Wildman–Crippen MR) is 64.6 cm³/mol. The Balaban J connectivity index is 3.30. The summed E-state index contributed by atoms with van der Waals surface area (Å²) in [6, 6.07) is 0. The molecule has 9 heteroatoms. The van der Waals surface area contributed by atoms with E-state index >= 15 is 0 Å². The normalized spacial score (nSPS) is 11.9. The molecule has 0 aliphatic carbocycles. The van der Waals surface area contributed by atoms with Crippen LogP contribution < -0.4 is 17.1 Å². The quantitative estimate of drug-likeness (QED) is 0.428. The number of carbonyl (C=O) groups excluding carboxylic acids is 1. The average molecular weight is 271 g/mol. The molecule has 9 nitrogen and oxygen atoms in total. The molecule has 0 saturated carbocycles. The van der Waals surface area contributed by atoms with E-state index in [4.69, 9.17) is 5.11 Å². The minimum Gasteiger partial charge on any atom is -0.460 e. The molecule has 0 bridgehead atoms. The molecule has 0 aliphatic rings. The maximum atomic E-state index is 11.5. The highest BCUT2D eigenvalue weighted by molar-refractivity contribution is 5.93. The molecule has 0 saturated heterocycles. The number of ether oxygens (including phenoxy) is 1. The SMILES string of the molecule is CC(C(=O)OCCO)=C(C)n1c(=O)[nH]c(=O)[nH]c1=O. The number of hydrogen-bond acceptors (Lipinski definition) is 6. The van der Waals surface area contributed by atoms with Gasteiger partial charge in [-0.15, -0.1) is 0 Å². The summed E-state index contributed by atoms with van der Waals surface area (Å²) in [6.45, 7) is 2.17. The lowest BCUT2D eigenvalue weighted by molar-refractivity contribution is -0.139. The Morgan fingerprint density at radius 2 is 1.74 bits per heavy atom. The number of aliphatic hydroxyl groups excluding tert-OH is 1. The number of esters is 1. The third-order valence-corrected chi connectivity index (χ3v) is 2.36. The molecule has 0 amide bonds. The standard InChI is InChI=1S/C10H13N3O6/c1-5(7(15)19-4-3-14)6(2)13-9(17)11-8(16)12-10(13)18/h14H,3-4H2,1-2H3,(H2,11,12,16,17,18). The van der Waals surface area contributed by atoms with Gasteiger partial charge < -0.3 is 9.84 Å². The molecule has 104 valence electrons. The van der Waals surface area contributed by atoms with E-state index in [1.54, 1.807) is 0 Å². The third kappa shape index (κ3) is 3.28. The molecular formula is C10H13N3O6. The highest BCUT2D eigenvalue weighted by atomic mass is 16.5. The number of aromatic nitrogens is 3. The van der Waals surface area contributed by atoms with Crippen molar-refractivity contribution in [3.8, 4) is 0 Å². The maximum Gasteiger partial charge on any atom is 0.338 e. The van der Waals surface area contributed by atoms with Crippen LogP contribution in [0.1, 0.15) is 13.8 Å². The number of rotatable bonds is 4. The predicted octanol–water partition coefficient (Wildman–Crippen LogP) is -1.99. The number of aromatic amines is 2. The Kier molecular flexibility index (Phi) is 4.59. The molecule has 19 heavy (non-hydrogen) atoms. The van der Waals surface area contributed by atoms with Gasteiger partial charge in [0.2, 0.25) is 0 Å². The van der Waals surface area contributed by atoms with Crippen LogP contribution in [0.3, 0.4) is 0 Å². The van der Waals surface area contributed by atoms with Gasteiger partial charge in [-0.3, -0.25) is 9.97 Å². The van der Waals surface area contributed by atoms with Gasteiger partial charge in [-0.05, 0) is 13.8 Å². The van der Waals surface area contributed by atoms with Gasteiger partial charge in [0.1, 0.15) is 6.61 Å². The number of carbonyl (C=O) groups is 1. The second-order valence-corrected chi connectivity index (χ2v) is 3.59. The van der Waals surface area contributed by atoms with E-state index in [0.717, 1.165) is 0 Å². The van der Waals surface area contributed by atoms with Crippen LogP contribution in [-0.2, 0) is 9.53 Å². The monoisotopic (exact) mass is 271 g/mol. The molecule has 0 spiro atoms. The number of H-pyrrole nitrogens is 2. The van der Waals surface area contributed by atoms with Crippen molar-refractivity contribution in [2.45, 2.75) is 13.8 Å². The Hall–Kier alpha value is -2.42. The van der Waals surface area contributed by atoms with E-state index in [-0.39, 0.29) is 24.5 Å². The largest absolute Gasteiger partial charge is 0.460 e. The van der Waals surface area contributed by atoms with Gasteiger partial charge in [0.25, 0.3) is 0 Å². The van der Waals surface area contributed by atoms with E-state index in [1.165, 1.54) is 13.8 Å². The first-order chi connectivity index (χ1) is 8.88. The van der Waals surface area contributed by atoms with E-state index in [1.807, 2.05) is 9.97 Å². The van der Waals surface area contributed by atoms with Crippen LogP contribution >= 0.6 is 0 Å². The molecule has 0 unspecified atom stereocenters. The third-order valence-electron chi connectivity index (χ3n) is 2.36. The van der Waals surface area contributed by atoms with Crippen molar-refractivity contribution in [3.05, 3.63) is 37.0 Å². The van der Waals surface area contributed by atoms with Crippen molar-refractivity contribution >= 4 is 11.7 Å². The van der Waals surface area contributed by atoms with Gasteiger partial charge in [0.05, 0.1) is 12.2 Å². The minimum atomic E-state index is -0.958. The Morgan fingerprint density at radius 3 is 2.21 bits per heavy atom. The zero-order chi connectivity index (χ0) is 14.6. The van der Waals surface area contributed by atoms with Crippen molar-refractivity contribution in [1.29, 1.82) is 0 Å². The second-order valence-electron chi connectivity index (χ2n) is 3.59. The topological polar surface area (TPSA) is 134 Å². The van der Waals surface area contributed by atoms with Crippen LogP contribution in [-0.4, -0.2) is 38.8 Å². The van der Waals surface area contributed by atoms with Gasteiger partial charge in [-0.2, -0.15) is 0 Å². The van der Waals surface area contributed by atoms with Crippen molar-refractivity contribution < 1.29 is 14.6 Å². The molecule has 1 rings (SSSR count). The van der Waals surface area contributed by atoms with Gasteiger partial charge >= 0.3 is 23.0 Å². The first-order valence-corrected chi connectivity index (χ1v) is 5.30. The highest BCUT2D eigenvalue weighted by Crippen LogP contribution is 2.07. The summed E-state index contributed by atoms with van der Waals surface area (Å²) in [5.41, 5.74) is -2.82. The summed E-state index contributed by atoms with van der Waals surface area (Å²) in [4.78, 5) is 49.1. The summed E-state index contributed by atoms with van der Waals surface area (Å²) in [5, 5.41) is 8.53. The fourth-order valence-corrected chi connectivity index (χ4v) is 1.30. The molecule has 0 aliphatic heterocycles. The molecule has 3 N–H and O–H groups in total. The molecule has 0 aromatic carbocycles. The van der Waals surface area contributed by atoms with Crippen molar-refractivity contribution in [2.75, 3.05) is 13.2 Å². The summed E-state index contributed by atoms with van der Waals surface area (Å²) >= 11 is 0. The van der Waals surface area contributed by atoms with Crippen LogP contribution in [0.15, 0.2) is 20.0 Å². The molecule has 1 aromatic rings. The zero-order valence-corrected chi connectivity index (χ0v) is 10.3. The number of nitrogens with zero attached hydrogens (tertiary/aromatic N) is 1. The maximum absolute atomic E-state index is 11.5. The lowest BCUT2D eigenvalue weighted by atomic mass is 10.2. The Bertz CT molecular complexity index is 643. The van der Waals surface area contributed by atoms with E-state index < -0.39 is 23.0 Å². The lowest BCUT2D eigenvalue weighted by Crippen LogP contribution is -2.42. The van der Waals surface area contributed by atoms with E-state index in [9.17, 15) is 19.2 Å². The van der Waals surface area contributed by atoms with Gasteiger partial charge in [0, 0.05) is 5.70 Å². The van der Waals surface area contributed by atoms with Crippen LogP contribution in [0.5, 0.6) is 0 Å². The number of hydrogen-bond donors (Lipinski definition) is 3. The highest BCUT2D eigenvalue weighted by Gasteiger charge is 2.14. The molecule has 1 aromatic heterocycles. The first kappa shape index (κ1) is 14.6. The number of aliphatic hydroxyl groups is 1. The fourth-order valence-electron chi connectivity index (χ4n) is 1.30. The van der Waals surface area contributed by atoms with E-state index in [0.29, 0.717) is 4.57 Å². The average Bonchev–Trinajstić information content (AvgIpc) is 2.33. The Morgan fingerprint density at radius 1 is 1.21 bits per heavy atom. The van der Waals surface area contributed by atoms with Crippen molar-refractivity contribution in [2.24, 2.45) is 0 Å². The number of allylic oxidation sites excluding steroid dienone is 1. The van der Waals surface area contributed by atoms with Crippen LogP contribution in [0.2, 0.25) is 0 Å². The summed E-state index contributed by atoms with van der Waals surface area (Å²) in [5.74, 6) is -0.774. The van der Waals surface area contributed by atoms with Crippen LogP contribution in [0.4, 0.5) is 0 Å². The second kappa shape index (κ2) is 5.96. The van der Waals surface area contributed by atoms with Gasteiger partial charge in [-0.1, -0.05) is 0 Å². The van der Waals surface area contributed by atoms with Crippen molar-refractivity contribution in [1.82, 2.24) is 14.5 Å². The van der Waals surface area contributed by atoms with E-state index in [2.05, 4.69) is 4.74 Å². The lowest BCUT2D eigenvalue weighted by Gasteiger charge is -2.08. The summed E-state index contributed by atoms with van der Waals surface area (Å²) in [6.07, 6.45) is 0. The molecular weight excluding hydrogens is 258 g/mol. The van der Waals surface area contributed by atoms with Gasteiger partial charge in [-0.25, -0.2) is 23.7 Å². The first-order valence-electron chi connectivity index (χ1n) is 5.30. The van der Waals surface area contributed by atoms with Crippen LogP contribution in [0, 0.1) is 0 Å². The summed E-state index contributed by atoms with van der Waals surface area (Å²) < 4.78 is 5.26. The van der Waals surface area contributed by atoms with Crippen LogP contribution in [0.25, 0.3) is 5.70 Å². The van der Waals surface area contributed by atoms with Gasteiger partial charge in [0.15, 0.2) is 0 Å². The Labute approximate surface area is 106 Å². The van der Waals surface area contributed by atoms with Crippen molar-refractivity contribution in [3.63, 3.8) is 0 Å². The molecule has 0 radical (unpaired) electrons. The zero-order valence-electron chi connectivity index (χ0n) is 10.3. The molecule has 0 fully saturated rings. The fraction of sp³-hybridized carbons (Fsp3) is 0.400.